The van der Waals surface area contributed by atoms with Crippen LogP contribution in [0.5, 0.6) is 0 Å². The van der Waals surface area contributed by atoms with Crippen molar-refractivity contribution in [3.8, 4) is 11.3 Å². The highest BCUT2D eigenvalue weighted by molar-refractivity contribution is 7.17. The molecule has 0 spiro atoms. The number of hydrogen-bond donors (Lipinski definition) is 2. The topological polar surface area (TPSA) is 76.3 Å². The zero-order valence-electron chi connectivity index (χ0n) is 13.9. The maximum atomic E-state index is 5.94. The molecule has 3 heterocycles. The monoisotopic (exact) mass is 355 g/mol. The highest BCUT2D eigenvalue weighted by Gasteiger charge is 2.12. The number of rotatable bonds is 5. The number of aromatic nitrogens is 2. The number of fused-ring (bicyclic) bond motifs is 1. The number of morpholine rings is 1. The van der Waals surface area contributed by atoms with Crippen LogP contribution < -0.4 is 11.1 Å². The quantitative estimate of drug-likeness (QED) is 0.733. The van der Waals surface area contributed by atoms with Crippen molar-refractivity contribution >= 4 is 33.2 Å². The molecule has 7 heteroatoms. The summed E-state index contributed by atoms with van der Waals surface area (Å²) in [6.45, 7) is 5.38. The molecule has 1 saturated heterocycles. The van der Waals surface area contributed by atoms with Crippen LogP contribution in [0.2, 0.25) is 0 Å². The zero-order valence-corrected chi connectivity index (χ0v) is 14.8. The van der Waals surface area contributed by atoms with Gasteiger partial charge in [0, 0.05) is 53.3 Å². The van der Waals surface area contributed by atoms with Gasteiger partial charge in [-0.3, -0.25) is 4.90 Å². The molecule has 0 saturated carbocycles. The second-order valence-electron chi connectivity index (χ2n) is 6.02. The summed E-state index contributed by atoms with van der Waals surface area (Å²) in [4.78, 5) is 11.1. The molecule has 0 aliphatic carbocycles. The first-order valence-electron chi connectivity index (χ1n) is 8.45. The molecule has 6 nitrogen and oxygen atoms in total. The normalized spacial score (nSPS) is 15.5. The van der Waals surface area contributed by atoms with E-state index in [9.17, 15) is 0 Å². The molecule has 0 unspecified atom stereocenters. The number of nitrogens with zero attached hydrogens (tertiary/aromatic N) is 3. The van der Waals surface area contributed by atoms with Gasteiger partial charge in [0.2, 0.25) is 5.95 Å². The van der Waals surface area contributed by atoms with Crippen molar-refractivity contribution in [2.24, 2.45) is 0 Å². The maximum absolute atomic E-state index is 5.94. The summed E-state index contributed by atoms with van der Waals surface area (Å²) in [5.74, 6) is 1.06. The molecular formula is C18H21N5OS. The second-order valence-corrected chi connectivity index (χ2v) is 6.93. The Morgan fingerprint density at radius 2 is 2.04 bits per heavy atom. The van der Waals surface area contributed by atoms with Gasteiger partial charge in [0.25, 0.3) is 0 Å². The van der Waals surface area contributed by atoms with Crippen molar-refractivity contribution in [1.82, 2.24) is 14.9 Å². The lowest BCUT2D eigenvalue weighted by Gasteiger charge is -2.26. The molecule has 2 aromatic heterocycles. The Labute approximate surface area is 150 Å². The molecular weight excluding hydrogens is 334 g/mol. The van der Waals surface area contributed by atoms with Gasteiger partial charge < -0.3 is 15.8 Å². The molecule has 25 heavy (non-hydrogen) atoms. The molecule has 1 aliphatic rings. The van der Waals surface area contributed by atoms with Crippen LogP contribution in [0.4, 0.5) is 11.8 Å². The van der Waals surface area contributed by atoms with E-state index in [1.165, 1.54) is 10.1 Å². The number of anilines is 2. The SMILES string of the molecule is Nc1nc(NCCN2CCOCC2)cc(-c2csc3ccccc23)n1. The molecule has 1 aromatic carbocycles. The third kappa shape index (κ3) is 3.73. The number of benzene rings is 1. The lowest BCUT2D eigenvalue weighted by molar-refractivity contribution is 0.0398. The first kappa shape index (κ1) is 16.3. The van der Waals surface area contributed by atoms with Crippen LogP contribution >= 0.6 is 11.3 Å². The number of ether oxygens (including phenoxy) is 1. The van der Waals surface area contributed by atoms with Crippen molar-refractivity contribution in [3.63, 3.8) is 0 Å². The summed E-state index contributed by atoms with van der Waals surface area (Å²) in [6.07, 6.45) is 0. The van der Waals surface area contributed by atoms with Crippen molar-refractivity contribution in [1.29, 1.82) is 0 Å². The zero-order chi connectivity index (χ0) is 17.1. The summed E-state index contributed by atoms with van der Waals surface area (Å²) in [5, 5.41) is 6.70. The largest absolute Gasteiger partial charge is 0.379 e. The van der Waals surface area contributed by atoms with E-state index in [4.69, 9.17) is 10.5 Å². The average Bonchev–Trinajstić information content (AvgIpc) is 3.06. The minimum absolute atomic E-state index is 0.293. The molecule has 130 valence electrons. The minimum atomic E-state index is 0.293. The van der Waals surface area contributed by atoms with E-state index in [0.29, 0.717) is 5.95 Å². The average molecular weight is 355 g/mol. The van der Waals surface area contributed by atoms with E-state index in [1.807, 2.05) is 12.1 Å². The smallest absolute Gasteiger partial charge is 0.222 e. The van der Waals surface area contributed by atoms with Gasteiger partial charge in [-0.2, -0.15) is 4.98 Å². The number of thiophene rings is 1. The highest BCUT2D eigenvalue weighted by atomic mass is 32.1. The van der Waals surface area contributed by atoms with Gasteiger partial charge in [0.05, 0.1) is 18.9 Å². The molecule has 0 amide bonds. The first-order chi connectivity index (χ1) is 12.3. The Kier molecular flexibility index (Phi) is 4.78. The van der Waals surface area contributed by atoms with Crippen molar-refractivity contribution in [2.75, 3.05) is 50.4 Å². The fraction of sp³-hybridized carbons (Fsp3) is 0.333. The number of hydrogen-bond acceptors (Lipinski definition) is 7. The van der Waals surface area contributed by atoms with Gasteiger partial charge in [-0.05, 0) is 6.07 Å². The summed E-state index contributed by atoms with van der Waals surface area (Å²) in [7, 11) is 0. The van der Waals surface area contributed by atoms with Crippen LogP contribution in [0.3, 0.4) is 0 Å². The van der Waals surface area contributed by atoms with Gasteiger partial charge >= 0.3 is 0 Å². The van der Waals surface area contributed by atoms with E-state index < -0.39 is 0 Å². The summed E-state index contributed by atoms with van der Waals surface area (Å²) in [6, 6.07) is 10.3. The molecule has 3 aromatic rings. The minimum Gasteiger partial charge on any atom is -0.379 e. The molecule has 0 atom stereocenters. The van der Waals surface area contributed by atoms with E-state index in [0.717, 1.165) is 56.5 Å². The van der Waals surface area contributed by atoms with E-state index >= 15 is 0 Å². The maximum Gasteiger partial charge on any atom is 0.222 e. The van der Waals surface area contributed by atoms with Crippen molar-refractivity contribution in [2.45, 2.75) is 0 Å². The fourth-order valence-electron chi connectivity index (χ4n) is 3.04. The van der Waals surface area contributed by atoms with Gasteiger partial charge in [0.15, 0.2) is 0 Å². The molecule has 1 fully saturated rings. The Morgan fingerprint density at radius 3 is 2.92 bits per heavy atom. The lowest BCUT2D eigenvalue weighted by Crippen LogP contribution is -2.39. The van der Waals surface area contributed by atoms with Crippen LogP contribution in [0.1, 0.15) is 0 Å². The standard InChI is InChI=1S/C18H21N5OS/c19-18-21-15(14-12-25-16-4-2-1-3-13(14)16)11-17(22-18)20-5-6-23-7-9-24-10-8-23/h1-4,11-12H,5-10H2,(H3,19,20,21,22). The number of nitrogen functional groups attached to an aromatic ring is 1. The Balaban J connectivity index is 1.50. The summed E-state index contributed by atoms with van der Waals surface area (Å²) >= 11 is 1.72. The van der Waals surface area contributed by atoms with Crippen LogP contribution in [0, 0.1) is 0 Å². The Morgan fingerprint density at radius 1 is 1.20 bits per heavy atom. The van der Waals surface area contributed by atoms with Gasteiger partial charge in [-0.1, -0.05) is 18.2 Å². The van der Waals surface area contributed by atoms with E-state index in [-0.39, 0.29) is 0 Å². The van der Waals surface area contributed by atoms with Crippen LogP contribution in [-0.4, -0.2) is 54.3 Å². The highest BCUT2D eigenvalue weighted by Crippen LogP contribution is 2.33. The predicted molar refractivity (Wildman–Crippen MR) is 103 cm³/mol. The molecule has 1 aliphatic heterocycles. The Hall–Kier alpha value is -2.22. The number of nitrogens with two attached hydrogens (primary N) is 1. The Bertz CT molecular complexity index is 860. The third-order valence-electron chi connectivity index (χ3n) is 4.34. The van der Waals surface area contributed by atoms with Crippen molar-refractivity contribution in [3.05, 3.63) is 35.7 Å². The fourth-order valence-corrected chi connectivity index (χ4v) is 3.99. The van der Waals surface area contributed by atoms with Gasteiger partial charge in [0.1, 0.15) is 5.82 Å². The van der Waals surface area contributed by atoms with Gasteiger partial charge in [-0.25, -0.2) is 4.98 Å². The third-order valence-corrected chi connectivity index (χ3v) is 5.30. The van der Waals surface area contributed by atoms with E-state index in [1.54, 1.807) is 11.3 Å². The molecule has 0 bridgehead atoms. The van der Waals surface area contributed by atoms with Crippen molar-refractivity contribution < 1.29 is 4.74 Å². The number of nitrogens with one attached hydrogen (secondary N) is 1. The summed E-state index contributed by atoms with van der Waals surface area (Å²) in [5.41, 5.74) is 7.90. The predicted octanol–water partition coefficient (Wildman–Crippen LogP) is 2.68. The lowest BCUT2D eigenvalue weighted by atomic mass is 10.1. The van der Waals surface area contributed by atoms with Crippen LogP contribution in [0.15, 0.2) is 35.7 Å². The molecule has 4 rings (SSSR count). The van der Waals surface area contributed by atoms with Crippen LogP contribution in [-0.2, 0) is 4.74 Å². The van der Waals surface area contributed by atoms with E-state index in [2.05, 4.69) is 43.8 Å². The molecule has 0 radical (unpaired) electrons. The summed E-state index contributed by atoms with van der Waals surface area (Å²) < 4.78 is 6.62. The van der Waals surface area contributed by atoms with Crippen LogP contribution in [0.25, 0.3) is 21.3 Å². The molecule has 3 N–H and O–H groups in total. The second kappa shape index (κ2) is 7.35. The van der Waals surface area contributed by atoms with Gasteiger partial charge in [-0.15, -0.1) is 11.3 Å². The first-order valence-corrected chi connectivity index (χ1v) is 9.33.